The molecule has 2 aromatic heterocycles. The van der Waals surface area contributed by atoms with Crippen molar-refractivity contribution < 1.29 is 4.79 Å². The number of anilines is 2. The predicted octanol–water partition coefficient (Wildman–Crippen LogP) is 4.36. The molecule has 40 heavy (non-hydrogen) atoms. The summed E-state index contributed by atoms with van der Waals surface area (Å²) in [6.07, 6.45) is 2.98. The number of thiol groups is 1. The predicted molar refractivity (Wildman–Crippen MR) is 159 cm³/mol. The number of hydrogen-bond acceptors (Lipinski definition) is 10. The molecule has 4 aromatic rings. The Labute approximate surface area is 238 Å². The molecular formula is C29H29N9OS. The number of aryl methyl sites for hydroxylation is 2. The van der Waals surface area contributed by atoms with Gasteiger partial charge in [0.05, 0.1) is 29.2 Å². The second kappa shape index (κ2) is 12.3. The van der Waals surface area contributed by atoms with Crippen LogP contribution in [0.1, 0.15) is 49.5 Å². The van der Waals surface area contributed by atoms with E-state index in [1.54, 1.807) is 13.2 Å². The molecule has 4 rings (SSSR count). The molecule has 2 heterocycles. The Kier molecular flexibility index (Phi) is 8.61. The van der Waals surface area contributed by atoms with Gasteiger partial charge in [-0.15, -0.1) is 12.6 Å². The van der Waals surface area contributed by atoms with Gasteiger partial charge >= 0.3 is 0 Å². The van der Waals surface area contributed by atoms with Crippen LogP contribution in [0.15, 0.2) is 61.4 Å². The van der Waals surface area contributed by atoms with Crippen LogP contribution in [0.4, 0.5) is 11.6 Å². The molecule has 0 radical (unpaired) electrons. The van der Waals surface area contributed by atoms with Crippen molar-refractivity contribution in [1.82, 2.24) is 25.3 Å². The first-order valence-electron chi connectivity index (χ1n) is 12.4. The van der Waals surface area contributed by atoms with E-state index < -0.39 is 11.3 Å². The van der Waals surface area contributed by atoms with E-state index in [1.807, 2.05) is 62.4 Å². The van der Waals surface area contributed by atoms with Crippen LogP contribution in [-0.2, 0) is 6.54 Å². The molecule has 0 spiro atoms. The van der Waals surface area contributed by atoms with Crippen molar-refractivity contribution in [1.29, 1.82) is 5.26 Å². The average Bonchev–Trinajstić information content (AvgIpc) is 2.97. The molecule has 1 amide bonds. The summed E-state index contributed by atoms with van der Waals surface area (Å²) in [7, 11) is 1.74. The highest BCUT2D eigenvalue weighted by atomic mass is 32.1. The van der Waals surface area contributed by atoms with E-state index >= 15 is 0 Å². The quantitative estimate of drug-likeness (QED) is 0.151. The van der Waals surface area contributed by atoms with Crippen molar-refractivity contribution in [3.05, 3.63) is 101 Å². The van der Waals surface area contributed by atoms with Gasteiger partial charge in [-0.05, 0) is 36.1 Å². The number of rotatable bonds is 9. The molecule has 0 bridgehead atoms. The lowest BCUT2D eigenvalue weighted by Gasteiger charge is -2.16. The largest absolute Gasteiger partial charge is 0.397 e. The van der Waals surface area contributed by atoms with Crippen molar-refractivity contribution >= 4 is 35.9 Å². The fourth-order valence-electron chi connectivity index (χ4n) is 3.86. The molecule has 202 valence electrons. The maximum atomic E-state index is 13.2. The molecule has 10 nitrogen and oxygen atoms in total. The van der Waals surface area contributed by atoms with Gasteiger partial charge in [-0.3, -0.25) is 4.79 Å². The number of carbonyl (C=O) groups is 1. The molecule has 11 heteroatoms. The van der Waals surface area contributed by atoms with Crippen LogP contribution in [0.25, 0.3) is 17.0 Å². The smallest absolute Gasteiger partial charge is 0.274 e. The first-order chi connectivity index (χ1) is 19.2. The first-order valence-corrected chi connectivity index (χ1v) is 12.9. The second-order valence-electron chi connectivity index (χ2n) is 9.06. The van der Waals surface area contributed by atoms with Gasteiger partial charge in [0.15, 0.2) is 23.0 Å². The summed E-state index contributed by atoms with van der Waals surface area (Å²) in [6.45, 7) is 8.15. The maximum absolute atomic E-state index is 13.2. The molecule has 0 aliphatic heterocycles. The van der Waals surface area contributed by atoms with Crippen LogP contribution in [0.5, 0.6) is 0 Å². The topological polar surface area (TPSA) is 155 Å². The Bertz CT molecular complexity index is 1610. The SMILES string of the molecule is C=C(N)c1nc(-c2ccc(CNc3ncc(C#N)nc3C(=O)N[C@@H](S)c3ccc(C)c(C)c3)cc2)cnc1NC. The molecule has 0 fully saturated rings. The van der Waals surface area contributed by atoms with Crippen LogP contribution < -0.4 is 21.7 Å². The highest BCUT2D eigenvalue weighted by molar-refractivity contribution is 7.80. The van der Waals surface area contributed by atoms with Crippen molar-refractivity contribution in [2.75, 3.05) is 17.7 Å². The van der Waals surface area contributed by atoms with E-state index in [9.17, 15) is 10.1 Å². The van der Waals surface area contributed by atoms with E-state index in [1.165, 1.54) is 6.20 Å². The van der Waals surface area contributed by atoms with Gasteiger partial charge in [-0.2, -0.15) is 5.26 Å². The third-order valence-electron chi connectivity index (χ3n) is 6.24. The highest BCUT2D eigenvalue weighted by Gasteiger charge is 2.19. The van der Waals surface area contributed by atoms with Gasteiger partial charge in [0.25, 0.3) is 5.91 Å². The minimum absolute atomic E-state index is 0.00740. The number of nitriles is 1. The molecular weight excluding hydrogens is 522 g/mol. The molecule has 2 aromatic carbocycles. The number of benzene rings is 2. The minimum Gasteiger partial charge on any atom is -0.397 e. The second-order valence-corrected chi connectivity index (χ2v) is 9.58. The number of carbonyl (C=O) groups excluding carboxylic acids is 1. The zero-order valence-corrected chi connectivity index (χ0v) is 23.3. The van der Waals surface area contributed by atoms with Gasteiger partial charge in [-0.25, -0.2) is 19.9 Å². The Morgan fingerprint density at radius 3 is 2.42 bits per heavy atom. The highest BCUT2D eigenvalue weighted by Crippen LogP contribution is 2.24. The lowest BCUT2D eigenvalue weighted by molar-refractivity contribution is 0.0945. The third kappa shape index (κ3) is 6.36. The lowest BCUT2D eigenvalue weighted by Crippen LogP contribution is -2.28. The van der Waals surface area contributed by atoms with E-state index in [2.05, 4.69) is 55.1 Å². The van der Waals surface area contributed by atoms with Gasteiger partial charge in [0.2, 0.25) is 0 Å². The normalized spacial score (nSPS) is 11.3. The Hall–Kier alpha value is -4.95. The van der Waals surface area contributed by atoms with Crippen molar-refractivity contribution in [3.63, 3.8) is 0 Å². The van der Waals surface area contributed by atoms with Crippen LogP contribution in [0, 0.1) is 25.2 Å². The standard InChI is InChI=1S/C29H29N9OS/c1-16-5-8-21(11-17(16)2)29(40)38-28(39)25-27(34-14-22(12-30)36-25)33-13-19-6-9-20(10-7-19)23-15-35-26(32-4)24(37-23)18(3)31/h5-11,14-15,29,40H,3,13,31H2,1-2,4H3,(H,32,35)(H,33,34)(H,38,39)/t29-/m0/s1. The monoisotopic (exact) mass is 551 g/mol. The van der Waals surface area contributed by atoms with Gasteiger partial charge < -0.3 is 21.7 Å². The number of nitrogens with one attached hydrogen (secondary N) is 3. The Morgan fingerprint density at radius 2 is 1.77 bits per heavy atom. The van der Waals surface area contributed by atoms with E-state index in [0.29, 0.717) is 29.4 Å². The summed E-state index contributed by atoms with van der Waals surface area (Å²) in [6, 6.07) is 15.5. The number of aromatic nitrogens is 4. The molecule has 5 N–H and O–H groups in total. The van der Waals surface area contributed by atoms with Crippen LogP contribution >= 0.6 is 12.6 Å². The van der Waals surface area contributed by atoms with E-state index in [0.717, 1.165) is 27.8 Å². The molecule has 1 atom stereocenters. The van der Waals surface area contributed by atoms with Gasteiger partial charge in [0.1, 0.15) is 11.8 Å². The van der Waals surface area contributed by atoms with Crippen LogP contribution in [0.3, 0.4) is 0 Å². The molecule has 0 saturated heterocycles. The molecule has 0 unspecified atom stereocenters. The van der Waals surface area contributed by atoms with Gasteiger partial charge in [-0.1, -0.05) is 49.0 Å². The zero-order valence-electron chi connectivity index (χ0n) is 22.4. The molecule has 0 saturated carbocycles. The molecule has 0 aliphatic carbocycles. The summed E-state index contributed by atoms with van der Waals surface area (Å²) < 4.78 is 0. The van der Waals surface area contributed by atoms with Crippen molar-refractivity contribution in [3.8, 4) is 17.3 Å². The number of hydrogen-bond donors (Lipinski definition) is 5. The number of amides is 1. The minimum atomic E-state index is -0.568. The third-order valence-corrected chi connectivity index (χ3v) is 6.67. The fourth-order valence-corrected chi connectivity index (χ4v) is 4.13. The average molecular weight is 552 g/mol. The summed E-state index contributed by atoms with van der Waals surface area (Å²) in [4.78, 5) is 30.6. The summed E-state index contributed by atoms with van der Waals surface area (Å²) in [5.41, 5.74) is 12.2. The zero-order chi connectivity index (χ0) is 28.8. The van der Waals surface area contributed by atoms with E-state index in [4.69, 9.17) is 5.73 Å². The lowest BCUT2D eigenvalue weighted by atomic mass is 10.1. The fraction of sp³-hybridized carbons (Fsp3) is 0.172. The summed E-state index contributed by atoms with van der Waals surface area (Å²) in [5.74, 6) is 0.307. The van der Waals surface area contributed by atoms with Crippen molar-refractivity contribution in [2.24, 2.45) is 5.73 Å². The summed E-state index contributed by atoms with van der Waals surface area (Å²) >= 11 is 4.56. The van der Waals surface area contributed by atoms with Crippen LogP contribution in [0.2, 0.25) is 0 Å². The Morgan fingerprint density at radius 1 is 1.05 bits per heavy atom. The summed E-state index contributed by atoms with van der Waals surface area (Å²) in [5, 5.41) is 17.7. The maximum Gasteiger partial charge on any atom is 0.274 e. The molecule has 0 aliphatic rings. The first kappa shape index (κ1) is 28.1. The van der Waals surface area contributed by atoms with E-state index in [-0.39, 0.29) is 17.2 Å². The number of nitrogens with two attached hydrogens (primary N) is 1. The van der Waals surface area contributed by atoms with Crippen molar-refractivity contribution in [2.45, 2.75) is 25.8 Å². The Balaban J connectivity index is 1.50. The van der Waals surface area contributed by atoms with Crippen LogP contribution in [-0.4, -0.2) is 32.9 Å². The van der Waals surface area contributed by atoms with Gasteiger partial charge in [0, 0.05) is 19.2 Å². The number of nitrogens with zero attached hydrogens (tertiary/aromatic N) is 5.